The lowest BCUT2D eigenvalue weighted by Crippen LogP contribution is -2.54. The summed E-state index contributed by atoms with van der Waals surface area (Å²) in [5, 5.41) is 12.7. The Hall–Kier alpha value is -6.30. The lowest BCUT2D eigenvalue weighted by molar-refractivity contribution is -0.159. The number of hydrazine groups is 1. The molecule has 0 aromatic heterocycles. The Kier molecular flexibility index (Phi) is 10.8. The Bertz CT molecular complexity index is 1840. The van der Waals surface area contributed by atoms with E-state index < -0.39 is 41.9 Å². The second-order valence-electron chi connectivity index (χ2n) is 10.6. The van der Waals surface area contributed by atoms with Crippen LogP contribution in [0.1, 0.15) is 58.1 Å². The number of carboxylic acid groups (broad SMARTS) is 1. The molecule has 12 heteroatoms. The fraction of sp³-hybridized carbons (Fsp3) is 0.143. The quantitative estimate of drug-likeness (QED) is 0.147. The van der Waals surface area contributed by atoms with Crippen LogP contribution in [0.2, 0.25) is 0 Å². The van der Waals surface area contributed by atoms with Crippen LogP contribution in [-0.4, -0.2) is 52.9 Å². The van der Waals surface area contributed by atoms with E-state index in [2.05, 4.69) is 10.7 Å². The molecule has 3 amide bonds. The van der Waals surface area contributed by atoms with Gasteiger partial charge in [0.05, 0.1) is 11.1 Å². The summed E-state index contributed by atoms with van der Waals surface area (Å²) >= 11 is 0. The Labute approximate surface area is 269 Å². The highest BCUT2D eigenvalue weighted by Gasteiger charge is 2.41. The van der Waals surface area contributed by atoms with Crippen LogP contribution < -0.4 is 16.2 Å². The number of carboxylic acids is 1. The van der Waals surface area contributed by atoms with Gasteiger partial charge in [0, 0.05) is 16.8 Å². The van der Waals surface area contributed by atoms with Gasteiger partial charge in [0.15, 0.2) is 0 Å². The molecule has 0 aliphatic carbocycles. The number of aliphatic carboxylic acids is 1. The van der Waals surface area contributed by atoms with E-state index in [1.807, 2.05) is 18.4 Å². The molecule has 4 aromatic rings. The first-order valence-electron chi connectivity index (χ1n) is 14.3. The highest BCUT2D eigenvalue weighted by Crippen LogP contribution is 2.16. The number of amides is 3. The van der Waals surface area contributed by atoms with Gasteiger partial charge in [0.1, 0.15) is 0 Å². The number of hydrogen-bond donors (Lipinski definition) is 4. The number of esters is 2. The largest absolute Gasteiger partial charge is 0.478 e. The van der Waals surface area contributed by atoms with Gasteiger partial charge in [-0.15, -0.1) is 0 Å². The van der Waals surface area contributed by atoms with Crippen molar-refractivity contribution >= 4 is 41.3 Å². The number of nitrogens with one attached hydrogen (secondary N) is 3. The van der Waals surface area contributed by atoms with Crippen molar-refractivity contribution in [2.45, 2.75) is 33.0 Å². The molecular weight excluding hydrogens is 606 g/mol. The molecule has 0 aliphatic rings. The summed E-state index contributed by atoms with van der Waals surface area (Å²) in [6.45, 7) is 5.28. The molecule has 0 spiro atoms. The van der Waals surface area contributed by atoms with Crippen LogP contribution in [0.3, 0.4) is 0 Å². The van der Waals surface area contributed by atoms with Crippen molar-refractivity contribution in [1.82, 2.24) is 10.9 Å². The number of aryl methyl sites for hydroxylation is 3. The summed E-state index contributed by atoms with van der Waals surface area (Å²) < 4.78 is 10.4. The van der Waals surface area contributed by atoms with Gasteiger partial charge in [-0.2, -0.15) is 0 Å². The zero-order chi connectivity index (χ0) is 34.1. The van der Waals surface area contributed by atoms with E-state index in [4.69, 9.17) is 9.47 Å². The van der Waals surface area contributed by atoms with Crippen LogP contribution in [-0.2, 0) is 19.1 Å². The van der Waals surface area contributed by atoms with E-state index in [0.29, 0.717) is 22.4 Å². The molecule has 240 valence electrons. The minimum Gasteiger partial charge on any atom is -0.478 e. The number of anilines is 1. The molecule has 0 saturated carbocycles. The van der Waals surface area contributed by atoms with E-state index in [9.17, 15) is 33.9 Å². The zero-order valence-electron chi connectivity index (χ0n) is 25.6. The molecule has 0 bridgehead atoms. The third-order valence-corrected chi connectivity index (χ3v) is 6.74. The molecule has 0 radical (unpaired) electrons. The normalized spacial score (nSPS) is 11.7. The highest BCUT2D eigenvalue weighted by atomic mass is 16.6. The second-order valence-corrected chi connectivity index (χ2v) is 10.6. The van der Waals surface area contributed by atoms with Gasteiger partial charge in [0.2, 0.25) is 12.2 Å². The summed E-state index contributed by atoms with van der Waals surface area (Å²) in [7, 11) is 0. The Morgan fingerprint density at radius 2 is 1.02 bits per heavy atom. The molecule has 0 saturated heterocycles. The Morgan fingerprint density at radius 3 is 1.51 bits per heavy atom. The standard InChI is InChI=1S/C35H31N3O9/c1-20-7-4-10-24(17-20)30(39)36-27-15-13-23(14-16-27)31(40)37-38-32(41)28(46-34(44)25-11-5-8-21(2)18-25)29(33(42)43)47-35(45)26-12-6-9-22(3)19-26/h4-19,28-29H,1-3H3,(H,36,39)(H,37,40)(H,38,41)(H,42,43)/t28-,29+/m1/s1. The minimum absolute atomic E-state index is 0.00670. The lowest BCUT2D eigenvalue weighted by Gasteiger charge is -2.23. The average Bonchev–Trinajstić information content (AvgIpc) is 3.05. The van der Waals surface area contributed by atoms with Gasteiger partial charge in [-0.3, -0.25) is 25.2 Å². The summed E-state index contributed by atoms with van der Waals surface area (Å²) in [4.78, 5) is 76.7. The number of carbonyl (C=O) groups excluding carboxylic acids is 5. The summed E-state index contributed by atoms with van der Waals surface area (Å²) in [5.74, 6) is -6.38. The van der Waals surface area contributed by atoms with E-state index >= 15 is 0 Å². The molecule has 0 aliphatic heterocycles. The zero-order valence-corrected chi connectivity index (χ0v) is 25.6. The van der Waals surface area contributed by atoms with Gasteiger partial charge < -0.3 is 19.9 Å². The van der Waals surface area contributed by atoms with Gasteiger partial charge >= 0.3 is 17.9 Å². The molecule has 0 fully saturated rings. The topological polar surface area (TPSA) is 177 Å². The average molecular weight is 638 g/mol. The van der Waals surface area contributed by atoms with Crippen molar-refractivity contribution in [3.8, 4) is 0 Å². The van der Waals surface area contributed by atoms with Crippen molar-refractivity contribution in [3.63, 3.8) is 0 Å². The second kappa shape index (κ2) is 15.1. The first kappa shape index (κ1) is 33.6. The van der Waals surface area contributed by atoms with Crippen LogP contribution in [0.5, 0.6) is 0 Å². The minimum atomic E-state index is -2.29. The van der Waals surface area contributed by atoms with E-state index in [1.165, 1.54) is 48.5 Å². The smallest absolute Gasteiger partial charge is 0.349 e. The Morgan fingerprint density at radius 1 is 0.553 bits per heavy atom. The predicted molar refractivity (Wildman–Crippen MR) is 170 cm³/mol. The van der Waals surface area contributed by atoms with Gasteiger partial charge in [-0.25, -0.2) is 14.4 Å². The van der Waals surface area contributed by atoms with Crippen LogP contribution >= 0.6 is 0 Å². The maximum absolute atomic E-state index is 13.3. The first-order chi connectivity index (χ1) is 22.4. The lowest BCUT2D eigenvalue weighted by atomic mass is 10.1. The van der Waals surface area contributed by atoms with Crippen LogP contribution in [0.4, 0.5) is 5.69 Å². The van der Waals surface area contributed by atoms with Crippen molar-refractivity contribution in [1.29, 1.82) is 0 Å². The fourth-order valence-electron chi connectivity index (χ4n) is 4.36. The monoisotopic (exact) mass is 637 g/mol. The van der Waals surface area contributed by atoms with Crippen molar-refractivity contribution < 1.29 is 43.3 Å². The molecule has 4 aromatic carbocycles. The molecule has 4 rings (SSSR count). The number of rotatable bonds is 10. The molecule has 0 unspecified atom stereocenters. The van der Waals surface area contributed by atoms with Crippen molar-refractivity contribution in [2.75, 3.05) is 5.32 Å². The van der Waals surface area contributed by atoms with E-state index in [1.54, 1.807) is 56.3 Å². The molecule has 4 N–H and O–H groups in total. The van der Waals surface area contributed by atoms with Gasteiger partial charge in [-0.05, 0) is 81.4 Å². The molecular formula is C35H31N3O9. The molecule has 47 heavy (non-hydrogen) atoms. The number of carbonyl (C=O) groups is 6. The van der Waals surface area contributed by atoms with Gasteiger partial charge in [0.25, 0.3) is 17.7 Å². The maximum atomic E-state index is 13.3. The summed E-state index contributed by atoms with van der Waals surface area (Å²) in [6, 6.07) is 25.0. The summed E-state index contributed by atoms with van der Waals surface area (Å²) in [6.07, 6.45) is -4.50. The maximum Gasteiger partial charge on any atom is 0.349 e. The SMILES string of the molecule is Cc1cccc(C(=O)Nc2ccc(C(=O)NNC(=O)[C@H](OC(=O)c3cccc(C)c3)[C@H](OC(=O)c3cccc(C)c3)C(=O)O)cc2)c1. The van der Waals surface area contributed by atoms with Crippen molar-refractivity contribution in [2.24, 2.45) is 0 Å². The fourth-order valence-corrected chi connectivity index (χ4v) is 4.36. The van der Waals surface area contributed by atoms with E-state index in [-0.39, 0.29) is 22.6 Å². The summed E-state index contributed by atoms with van der Waals surface area (Å²) in [5.41, 5.74) is 7.40. The van der Waals surface area contributed by atoms with Crippen LogP contribution in [0, 0.1) is 20.8 Å². The number of benzene rings is 4. The first-order valence-corrected chi connectivity index (χ1v) is 14.3. The molecule has 2 atom stereocenters. The van der Waals surface area contributed by atoms with Crippen LogP contribution in [0.15, 0.2) is 97.1 Å². The predicted octanol–water partition coefficient (Wildman–Crippen LogP) is 4.16. The van der Waals surface area contributed by atoms with Crippen molar-refractivity contribution in [3.05, 3.63) is 136 Å². The molecule has 0 heterocycles. The highest BCUT2D eigenvalue weighted by molar-refractivity contribution is 6.05. The third-order valence-electron chi connectivity index (χ3n) is 6.74. The number of ether oxygens (including phenoxy) is 2. The number of hydrogen-bond acceptors (Lipinski definition) is 8. The molecule has 12 nitrogen and oxygen atoms in total. The van der Waals surface area contributed by atoms with Crippen LogP contribution in [0.25, 0.3) is 0 Å². The van der Waals surface area contributed by atoms with E-state index in [0.717, 1.165) is 5.56 Å². The van der Waals surface area contributed by atoms with Gasteiger partial charge in [-0.1, -0.05) is 53.1 Å². The Balaban J connectivity index is 1.48. The third kappa shape index (κ3) is 9.11.